The van der Waals surface area contributed by atoms with Crippen LogP contribution < -0.4 is 29.2 Å². The molecule has 0 radical (unpaired) electrons. The maximum atomic E-state index is 2.11. The van der Waals surface area contributed by atoms with E-state index < -0.39 is 0 Å². The van der Waals surface area contributed by atoms with Gasteiger partial charge >= 0.3 is 51.2 Å². The molecule has 0 atom stereocenters. The molecule has 0 heterocycles. The van der Waals surface area contributed by atoms with Gasteiger partial charge in [0.2, 0.25) is 0 Å². The minimum atomic E-state index is 0. The van der Waals surface area contributed by atoms with Gasteiger partial charge in [-0.05, 0) is 0 Å². The fourth-order valence-electron chi connectivity index (χ4n) is 0.453. The van der Waals surface area contributed by atoms with Crippen molar-refractivity contribution in [3.05, 3.63) is 30.3 Å². The second kappa shape index (κ2) is 6.46. The van der Waals surface area contributed by atoms with Crippen molar-refractivity contribution in [1.29, 1.82) is 0 Å². The van der Waals surface area contributed by atoms with Gasteiger partial charge in [-0.3, -0.25) is 0 Å². The van der Waals surface area contributed by atoms with Gasteiger partial charge in [0.1, 0.15) is 0 Å². The Morgan fingerprint density at radius 3 is 1.56 bits per heavy atom. The first kappa shape index (κ1) is 12.1. The predicted molar refractivity (Wildman–Crippen MR) is 33.2 cm³/mol. The number of hydrogen-bond donors (Lipinski definition) is 0. The van der Waals surface area contributed by atoms with Crippen LogP contribution in [-0.4, -0.2) is 16.5 Å². The molecule has 0 nitrogen and oxygen atoms in total. The molecule has 1 rings (SSSR count). The summed E-state index contributed by atoms with van der Waals surface area (Å²) >= 11 is 1.67. The standard InChI is InChI=1S/C6H6Ge.2ClH/c7-6-4-2-1-3-5-6;;/h1-5,7H;2*1H/q+2;;/p-2. The molecule has 0 fully saturated rings. The van der Waals surface area contributed by atoms with E-state index in [0.717, 1.165) is 0 Å². The topological polar surface area (TPSA) is 0 Å². The zero-order valence-corrected chi connectivity index (χ0v) is 8.65. The van der Waals surface area contributed by atoms with Crippen molar-refractivity contribution in [3.63, 3.8) is 0 Å². The molecule has 48 valence electrons. The molecule has 0 aliphatic rings. The summed E-state index contributed by atoms with van der Waals surface area (Å²) in [5, 5.41) is 0. The molecule has 1 aromatic rings. The van der Waals surface area contributed by atoms with Crippen LogP contribution in [0.1, 0.15) is 0 Å². The van der Waals surface area contributed by atoms with E-state index in [2.05, 4.69) is 24.3 Å². The van der Waals surface area contributed by atoms with E-state index >= 15 is 0 Å². The summed E-state index contributed by atoms with van der Waals surface area (Å²) in [4.78, 5) is 0. The first-order chi connectivity index (χ1) is 3.39. The molecule has 0 saturated heterocycles. The molecular weight excluding hydrogens is 216 g/mol. The molecule has 1 aromatic carbocycles. The monoisotopic (exact) mass is 222 g/mol. The third-order valence-electron chi connectivity index (χ3n) is 0.800. The number of hydrogen-bond acceptors (Lipinski definition) is 0. The zero-order chi connectivity index (χ0) is 5.11. The normalized spacial score (nSPS) is 6.56. The van der Waals surface area contributed by atoms with Crippen LogP contribution in [0.5, 0.6) is 0 Å². The summed E-state index contributed by atoms with van der Waals surface area (Å²) in [6, 6.07) is 10.4. The molecule has 0 aromatic heterocycles. The van der Waals surface area contributed by atoms with Gasteiger partial charge < -0.3 is 24.8 Å². The van der Waals surface area contributed by atoms with Gasteiger partial charge in [0.25, 0.3) is 0 Å². The fraction of sp³-hybridized carbons (Fsp3) is 0. The van der Waals surface area contributed by atoms with Crippen LogP contribution in [0.2, 0.25) is 0 Å². The van der Waals surface area contributed by atoms with Crippen LogP contribution in [0.25, 0.3) is 0 Å². The van der Waals surface area contributed by atoms with Crippen LogP contribution in [0, 0.1) is 0 Å². The van der Waals surface area contributed by atoms with Crippen LogP contribution in [-0.2, 0) is 0 Å². The number of rotatable bonds is 0. The van der Waals surface area contributed by atoms with Crippen LogP contribution >= 0.6 is 0 Å². The van der Waals surface area contributed by atoms with E-state index in [9.17, 15) is 0 Å². The second-order valence-electron chi connectivity index (χ2n) is 1.41. The first-order valence-electron chi connectivity index (χ1n) is 2.20. The molecule has 0 N–H and O–H groups in total. The van der Waals surface area contributed by atoms with E-state index in [-0.39, 0.29) is 24.8 Å². The Bertz CT molecular complexity index is 141. The van der Waals surface area contributed by atoms with Gasteiger partial charge in [-0.25, -0.2) is 0 Å². The molecule has 0 bridgehead atoms. The third-order valence-corrected chi connectivity index (χ3v) is 1.61. The molecule has 0 aliphatic carbocycles. The van der Waals surface area contributed by atoms with Gasteiger partial charge in [-0.15, -0.1) is 0 Å². The molecule has 0 amide bonds. The quantitative estimate of drug-likeness (QED) is 0.383. The molecule has 0 saturated carbocycles. The minimum absolute atomic E-state index is 0. The predicted octanol–water partition coefficient (Wildman–Crippen LogP) is -5.78. The Labute approximate surface area is 76.1 Å². The average Bonchev–Trinajstić information content (AvgIpc) is 1.69. The summed E-state index contributed by atoms with van der Waals surface area (Å²) in [7, 11) is 0. The molecule has 0 spiro atoms. The molecular formula is C6H6Cl2Ge. The average molecular weight is 222 g/mol. The summed E-state index contributed by atoms with van der Waals surface area (Å²) in [6.45, 7) is 0. The fourth-order valence-corrected chi connectivity index (χ4v) is 0.919. The van der Waals surface area contributed by atoms with Crippen LogP contribution in [0.15, 0.2) is 30.3 Å². The molecule has 0 unspecified atom stereocenters. The third kappa shape index (κ3) is 4.82. The van der Waals surface area contributed by atoms with E-state index in [1.165, 1.54) is 4.40 Å². The van der Waals surface area contributed by atoms with Gasteiger partial charge in [-0.2, -0.15) is 0 Å². The van der Waals surface area contributed by atoms with Gasteiger partial charge in [-0.1, -0.05) is 0 Å². The Hall–Kier alpha value is 0.343. The van der Waals surface area contributed by atoms with Crippen molar-refractivity contribution in [3.8, 4) is 0 Å². The Morgan fingerprint density at radius 2 is 1.33 bits per heavy atom. The van der Waals surface area contributed by atoms with E-state index in [4.69, 9.17) is 0 Å². The second-order valence-corrected chi connectivity index (χ2v) is 2.81. The van der Waals surface area contributed by atoms with Gasteiger partial charge in [0.05, 0.1) is 0 Å². The summed E-state index contributed by atoms with van der Waals surface area (Å²) in [5.41, 5.74) is 0. The van der Waals surface area contributed by atoms with Crippen molar-refractivity contribution in [2.24, 2.45) is 0 Å². The van der Waals surface area contributed by atoms with Crippen LogP contribution in [0.4, 0.5) is 0 Å². The maximum absolute atomic E-state index is 2.11. The molecule has 3 heteroatoms. The van der Waals surface area contributed by atoms with Crippen molar-refractivity contribution in [2.75, 3.05) is 0 Å². The van der Waals surface area contributed by atoms with E-state index in [1.54, 1.807) is 16.5 Å². The number of halogens is 2. The Balaban J connectivity index is 0. The van der Waals surface area contributed by atoms with Crippen molar-refractivity contribution in [2.45, 2.75) is 0 Å². The SMILES string of the molecule is [Cl-].[Cl-].[GeH+2][c]1ccccc1. The van der Waals surface area contributed by atoms with Crippen LogP contribution in [0.3, 0.4) is 0 Å². The van der Waals surface area contributed by atoms with Crippen molar-refractivity contribution < 1.29 is 24.8 Å². The van der Waals surface area contributed by atoms with Gasteiger partial charge in [0, 0.05) is 0 Å². The van der Waals surface area contributed by atoms with E-state index in [1.807, 2.05) is 6.07 Å². The summed E-state index contributed by atoms with van der Waals surface area (Å²) in [6.07, 6.45) is 0. The Kier molecular flexibility index (Phi) is 8.66. The van der Waals surface area contributed by atoms with E-state index in [0.29, 0.717) is 0 Å². The summed E-state index contributed by atoms with van der Waals surface area (Å²) < 4.78 is 1.38. The Morgan fingerprint density at radius 1 is 0.889 bits per heavy atom. The molecule has 9 heavy (non-hydrogen) atoms. The zero-order valence-electron chi connectivity index (χ0n) is 4.72. The molecule has 0 aliphatic heterocycles. The number of benzene rings is 1. The van der Waals surface area contributed by atoms with Crippen molar-refractivity contribution >= 4 is 20.9 Å². The van der Waals surface area contributed by atoms with Crippen molar-refractivity contribution in [1.82, 2.24) is 0 Å². The van der Waals surface area contributed by atoms with Gasteiger partial charge in [0.15, 0.2) is 0 Å². The first-order valence-corrected chi connectivity index (χ1v) is 3.41. The summed E-state index contributed by atoms with van der Waals surface area (Å²) in [5.74, 6) is 0.